The van der Waals surface area contributed by atoms with Crippen LogP contribution in [0.2, 0.25) is 0 Å². The molecule has 2 N–H and O–H groups in total. The standard InChI is InChI=1S/C10H13NO7S/c1-5(9(12)13)11-19(15,16)8-4-7(10(14)17-3)18-6(8)2/h4-5,11H,1-3H3,(H,12,13). The van der Waals surface area contributed by atoms with Crippen LogP contribution in [0.15, 0.2) is 15.4 Å². The van der Waals surface area contributed by atoms with Gasteiger partial charge in [-0.1, -0.05) is 0 Å². The third-order valence-electron chi connectivity index (χ3n) is 2.25. The number of methoxy groups -OCH3 is 1. The normalized spacial score (nSPS) is 13.0. The van der Waals surface area contributed by atoms with Crippen LogP contribution in [-0.2, 0) is 19.6 Å². The molecule has 0 bridgehead atoms. The molecule has 1 atom stereocenters. The van der Waals surface area contributed by atoms with Gasteiger partial charge in [-0.3, -0.25) is 4.79 Å². The van der Waals surface area contributed by atoms with Crippen molar-refractivity contribution in [1.29, 1.82) is 0 Å². The molecule has 106 valence electrons. The van der Waals surface area contributed by atoms with Crippen molar-refractivity contribution in [1.82, 2.24) is 4.72 Å². The van der Waals surface area contributed by atoms with E-state index in [0.717, 1.165) is 13.2 Å². The second kappa shape index (κ2) is 5.41. The van der Waals surface area contributed by atoms with Crippen molar-refractivity contribution in [2.75, 3.05) is 7.11 Å². The van der Waals surface area contributed by atoms with Crippen LogP contribution in [0.25, 0.3) is 0 Å². The van der Waals surface area contributed by atoms with Crippen LogP contribution in [-0.4, -0.2) is 38.6 Å². The lowest BCUT2D eigenvalue weighted by Crippen LogP contribution is -2.38. The number of nitrogens with one attached hydrogen (secondary N) is 1. The first-order chi connectivity index (χ1) is 8.69. The maximum atomic E-state index is 11.9. The van der Waals surface area contributed by atoms with Gasteiger partial charge in [0.1, 0.15) is 16.7 Å². The largest absolute Gasteiger partial charge is 0.480 e. The topological polar surface area (TPSA) is 123 Å². The Bertz CT molecular complexity index is 601. The predicted molar refractivity (Wildman–Crippen MR) is 62.2 cm³/mol. The molecule has 0 aliphatic rings. The number of furan rings is 1. The van der Waals surface area contributed by atoms with Crippen molar-refractivity contribution in [2.45, 2.75) is 24.8 Å². The highest BCUT2D eigenvalue weighted by atomic mass is 32.2. The van der Waals surface area contributed by atoms with E-state index in [-0.39, 0.29) is 16.4 Å². The number of carbonyl (C=O) groups is 2. The first kappa shape index (κ1) is 15.2. The van der Waals surface area contributed by atoms with Crippen LogP contribution in [0.5, 0.6) is 0 Å². The third kappa shape index (κ3) is 3.32. The lowest BCUT2D eigenvalue weighted by atomic mass is 10.4. The molecule has 8 nitrogen and oxygen atoms in total. The Labute approximate surface area is 109 Å². The Morgan fingerprint density at radius 3 is 2.53 bits per heavy atom. The van der Waals surface area contributed by atoms with Crippen molar-refractivity contribution in [3.63, 3.8) is 0 Å². The number of esters is 1. The van der Waals surface area contributed by atoms with Crippen LogP contribution >= 0.6 is 0 Å². The molecule has 1 heterocycles. The molecule has 1 aromatic heterocycles. The third-order valence-corrected chi connectivity index (χ3v) is 3.90. The van der Waals surface area contributed by atoms with E-state index in [1.807, 2.05) is 4.72 Å². The fourth-order valence-corrected chi connectivity index (χ4v) is 2.66. The van der Waals surface area contributed by atoms with Gasteiger partial charge in [-0.25, -0.2) is 13.2 Å². The molecule has 0 saturated heterocycles. The molecule has 0 spiro atoms. The van der Waals surface area contributed by atoms with Gasteiger partial charge in [0.15, 0.2) is 0 Å². The highest BCUT2D eigenvalue weighted by Gasteiger charge is 2.27. The Kier molecular flexibility index (Phi) is 4.32. The van der Waals surface area contributed by atoms with Gasteiger partial charge in [0.05, 0.1) is 7.11 Å². The summed E-state index contributed by atoms with van der Waals surface area (Å²) in [5, 5.41) is 8.67. The molecule has 0 aromatic carbocycles. The SMILES string of the molecule is COC(=O)c1cc(S(=O)(=O)NC(C)C(=O)O)c(C)o1. The first-order valence-electron chi connectivity index (χ1n) is 5.13. The van der Waals surface area contributed by atoms with E-state index in [9.17, 15) is 18.0 Å². The molecule has 9 heteroatoms. The molecule has 0 fully saturated rings. The minimum absolute atomic E-state index is 0.0366. The molecule has 1 aromatic rings. The number of ether oxygens (including phenoxy) is 1. The number of hydrogen-bond acceptors (Lipinski definition) is 6. The number of rotatable bonds is 5. The monoisotopic (exact) mass is 291 g/mol. The minimum Gasteiger partial charge on any atom is -0.480 e. The smallest absolute Gasteiger partial charge is 0.373 e. The molecule has 0 amide bonds. The van der Waals surface area contributed by atoms with Gasteiger partial charge in [0.25, 0.3) is 0 Å². The Morgan fingerprint density at radius 2 is 2.05 bits per heavy atom. The van der Waals surface area contributed by atoms with E-state index in [2.05, 4.69) is 4.74 Å². The summed E-state index contributed by atoms with van der Waals surface area (Å²) in [6, 6.07) is -0.321. The van der Waals surface area contributed by atoms with Crippen molar-refractivity contribution in [3.05, 3.63) is 17.6 Å². The molecule has 19 heavy (non-hydrogen) atoms. The van der Waals surface area contributed by atoms with Crippen LogP contribution < -0.4 is 4.72 Å². The second-order valence-corrected chi connectivity index (χ2v) is 5.39. The fourth-order valence-electron chi connectivity index (χ4n) is 1.28. The highest BCUT2D eigenvalue weighted by Crippen LogP contribution is 2.20. The van der Waals surface area contributed by atoms with Gasteiger partial charge in [-0.05, 0) is 13.8 Å². The van der Waals surface area contributed by atoms with Crippen molar-refractivity contribution >= 4 is 22.0 Å². The van der Waals surface area contributed by atoms with Gasteiger partial charge in [-0.15, -0.1) is 0 Å². The summed E-state index contributed by atoms with van der Waals surface area (Å²) in [4.78, 5) is 21.5. The molecular formula is C10H13NO7S. The lowest BCUT2D eigenvalue weighted by molar-refractivity contribution is -0.138. The molecule has 1 rings (SSSR count). The molecule has 0 aliphatic heterocycles. The van der Waals surface area contributed by atoms with E-state index in [1.54, 1.807) is 0 Å². The second-order valence-electron chi connectivity index (χ2n) is 3.70. The maximum absolute atomic E-state index is 11.9. The Hall–Kier alpha value is -1.87. The Morgan fingerprint density at radius 1 is 1.47 bits per heavy atom. The summed E-state index contributed by atoms with van der Waals surface area (Å²) in [6.45, 7) is 2.52. The molecule has 0 radical (unpaired) electrons. The van der Waals surface area contributed by atoms with Crippen LogP contribution in [0.4, 0.5) is 0 Å². The molecule has 1 unspecified atom stereocenters. The number of carboxylic acids is 1. The van der Waals surface area contributed by atoms with E-state index < -0.39 is 28.0 Å². The highest BCUT2D eigenvalue weighted by molar-refractivity contribution is 7.89. The predicted octanol–water partition coefficient (Wildman–Crippen LogP) is 0.126. The van der Waals surface area contributed by atoms with Crippen LogP contribution in [0.1, 0.15) is 23.2 Å². The van der Waals surface area contributed by atoms with E-state index >= 15 is 0 Å². The fraction of sp³-hybridized carbons (Fsp3) is 0.400. The zero-order chi connectivity index (χ0) is 14.8. The van der Waals surface area contributed by atoms with E-state index in [1.165, 1.54) is 13.8 Å². The van der Waals surface area contributed by atoms with Crippen LogP contribution in [0.3, 0.4) is 0 Å². The van der Waals surface area contributed by atoms with E-state index in [4.69, 9.17) is 9.52 Å². The minimum atomic E-state index is -4.09. The number of hydrogen-bond donors (Lipinski definition) is 2. The van der Waals surface area contributed by atoms with Crippen LogP contribution in [0, 0.1) is 6.92 Å². The van der Waals surface area contributed by atoms with E-state index in [0.29, 0.717) is 0 Å². The first-order valence-corrected chi connectivity index (χ1v) is 6.61. The van der Waals surface area contributed by atoms with Crippen molar-refractivity contribution in [3.8, 4) is 0 Å². The van der Waals surface area contributed by atoms with Gasteiger partial charge in [0.2, 0.25) is 15.8 Å². The van der Waals surface area contributed by atoms with Crippen molar-refractivity contribution < 1.29 is 32.3 Å². The number of carbonyl (C=O) groups excluding carboxylic acids is 1. The van der Waals surface area contributed by atoms with Gasteiger partial charge < -0.3 is 14.3 Å². The zero-order valence-corrected chi connectivity index (χ0v) is 11.3. The summed E-state index contributed by atoms with van der Waals surface area (Å²) in [5.41, 5.74) is 0. The maximum Gasteiger partial charge on any atom is 0.373 e. The molecule has 0 saturated carbocycles. The van der Waals surface area contributed by atoms with Gasteiger partial charge in [0, 0.05) is 6.07 Å². The van der Waals surface area contributed by atoms with Gasteiger partial charge >= 0.3 is 11.9 Å². The number of aryl methyl sites for hydroxylation is 1. The van der Waals surface area contributed by atoms with Gasteiger partial charge in [-0.2, -0.15) is 4.72 Å². The lowest BCUT2D eigenvalue weighted by Gasteiger charge is -2.08. The number of carboxylic acid groups (broad SMARTS) is 1. The Balaban J connectivity index is 3.12. The summed E-state index contributed by atoms with van der Waals surface area (Å²) >= 11 is 0. The molecule has 0 aliphatic carbocycles. The summed E-state index contributed by atoms with van der Waals surface area (Å²) in [7, 11) is -2.96. The average Bonchev–Trinajstić information content (AvgIpc) is 2.70. The quantitative estimate of drug-likeness (QED) is 0.739. The molecular weight excluding hydrogens is 278 g/mol. The summed E-state index contributed by atoms with van der Waals surface area (Å²) in [5.74, 6) is -2.46. The average molecular weight is 291 g/mol. The van der Waals surface area contributed by atoms with Crippen molar-refractivity contribution in [2.24, 2.45) is 0 Å². The summed E-state index contributed by atoms with van der Waals surface area (Å²) in [6.07, 6.45) is 0. The summed E-state index contributed by atoms with van der Waals surface area (Å²) < 4.78 is 35.1. The number of sulfonamides is 1. The number of aliphatic carboxylic acids is 1. The zero-order valence-electron chi connectivity index (χ0n) is 10.5.